The summed E-state index contributed by atoms with van der Waals surface area (Å²) >= 11 is 0. The molecule has 94 valence electrons. The summed E-state index contributed by atoms with van der Waals surface area (Å²) in [6, 6.07) is 3.09. The predicted molar refractivity (Wildman–Crippen MR) is 68.3 cm³/mol. The summed E-state index contributed by atoms with van der Waals surface area (Å²) < 4.78 is 0. The largest absolute Gasteiger partial charge is 0.339 e. The van der Waals surface area contributed by atoms with E-state index in [4.69, 9.17) is 0 Å². The molecule has 4 heteroatoms. The predicted octanol–water partition coefficient (Wildman–Crippen LogP) is 1.95. The highest BCUT2D eigenvalue weighted by Gasteiger charge is 2.14. The average Bonchev–Trinajstić information content (AvgIpc) is 2.26. The molecule has 0 spiro atoms. The van der Waals surface area contributed by atoms with E-state index in [9.17, 15) is 9.59 Å². The maximum atomic E-state index is 12.2. The Bertz CT molecular complexity index is 431. The summed E-state index contributed by atoms with van der Waals surface area (Å²) in [7, 11) is 0. The van der Waals surface area contributed by atoms with Gasteiger partial charge < -0.3 is 9.88 Å². The summed E-state index contributed by atoms with van der Waals surface area (Å²) in [6.45, 7) is 7.33. The van der Waals surface area contributed by atoms with Crippen LogP contribution < -0.4 is 5.56 Å². The monoisotopic (exact) mass is 236 g/mol. The van der Waals surface area contributed by atoms with E-state index in [2.05, 4.69) is 4.98 Å². The van der Waals surface area contributed by atoms with Crippen molar-refractivity contribution < 1.29 is 4.79 Å². The summed E-state index contributed by atoms with van der Waals surface area (Å²) in [5.74, 6) is -0.0529. The molecule has 0 unspecified atom stereocenters. The van der Waals surface area contributed by atoms with Crippen LogP contribution in [-0.4, -0.2) is 28.9 Å². The number of amides is 1. The van der Waals surface area contributed by atoms with Crippen LogP contribution in [0.15, 0.2) is 16.9 Å². The molecule has 1 rings (SSSR count). The van der Waals surface area contributed by atoms with E-state index in [0.717, 1.165) is 25.9 Å². The first-order valence-electron chi connectivity index (χ1n) is 6.08. The Morgan fingerprint density at radius 2 is 1.82 bits per heavy atom. The van der Waals surface area contributed by atoms with Gasteiger partial charge in [-0.1, -0.05) is 13.8 Å². The molecule has 4 nitrogen and oxygen atoms in total. The van der Waals surface area contributed by atoms with Crippen LogP contribution in [0.25, 0.3) is 0 Å². The van der Waals surface area contributed by atoms with Gasteiger partial charge in [-0.15, -0.1) is 0 Å². The fourth-order valence-electron chi connectivity index (χ4n) is 1.84. The second-order valence-corrected chi connectivity index (χ2v) is 4.21. The molecule has 1 aromatic heterocycles. The molecule has 0 aliphatic heterocycles. The van der Waals surface area contributed by atoms with Crippen molar-refractivity contribution in [2.75, 3.05) is 13.1 Å². The molecule has 0 radical (unpaired) electrons. The van der Waals surface area contributed by atoms with Crippen LogP contribution in [0.2, 0.25) is 0 Å². The normalized spacial score (nSPS) is 10.3. The zero-order valence-electron chi connectivity index (χ0n) is 10.7. The van der Waals surface area contributed by atoms with Crippen LogP contribution in [0.3, 0.4) is 0 Å². The van der Waals surface area contributed by atoms with Crippen molar-refractivity contribution in [3.8, 4) is 0 Å². The Morgan fingerprint density at radius 1 is 1.24 bits per heavy atom. The van der Waals surface area contributed by atoms with Gasteiger partial charge in [0.2, 0.25) is 5.56 Å². The summed E-state index contributed by atoms with van der Waals surface area (Å²) in [5.41, 5.74) is 0.975. The number of hydrogen-bond donors (Lipinski definition) is 1. The fourth-order valence-corrected chi connectivity index (χ4v) is 1.84. The maximum Gasteiger partial charge on any atom is 0.254 e. The van der Waals surface area contributed by atoms with Crippen molar-refractivity contribution in [3.05, 3.63) is 33.7 Å². The second kappa shape index (κ2) is 6.23. The molecule has 0 aliphatic carbocycles. The van der Waals surface area contributed by atoms with Crippen molar-refractivity contribution >= 4 is 5.91 Å². The molecule has 0 aliphatic rings. The summed E-state index contributed by atoms with van der Waals surface area (Å²) in [4.78, 5) is 28.0. The van der Waals surface area contributed by atoms with Gasteiger partial charge in [0.25, 0.3) is 5.91 Å². The van der Waals surface area contributed by atoms with Crippen molar-refractivity contribution in [2.24, 2.45) is 0 Å². The first-order chi connectivity index (χ1) is 8.08. The minimum absolute atomic E-state index is 0.0529. The zero-order valence-corrected chi connectivity index (χ0v) is 10.7. The number of aromatic nitrogens is 1. The lowest BCUT2D eigenvalue weighted by molar-refractivity contribution is 0.0755. The quantitative estimate of drug-likeness (QED) is 0.849. The molecule has 0 bridgehead atoms. The smallest absolute Gasteiger partial charge is 0.254 e. The van der Waals surface area contributed by atoms with Crippen LogP contribution in [0, 0.1) is 6.92 Å². The van der Waals surface area contributed by atoms with Crippen LogP contribution in [0.1, 0.15) is 42.7 Å². The Kier molecular flexibility index (Phi) is 4.94. The van der Waals surface area contributed by atoms with E-state index < -0.39 is 0 Å². The van der Waals surface area contributed by atoms with E-state index in [-0.39, 0.29) is 11.5 Å². The highest BCUT2D eigenvalue weighted by atomic mass is 16.2. The molecular formula is C13H20N2O2. The molecule has 1 aromatic rings. The van der Waals surface area contributed by atoms with Gasteiger partial charge >= 0.3 is 0 Å². The molecule has 17 heavy (non-hydrogen) atoms. The number of aromatic amines is 1. The minimum atomic E-state index is -0.221. The minimum Gasteiger partial charge on any atom is -0.339 e. The highest BCUT2D eigenvalue weighted by molar-refractivity contribution is 5.94. The highest BCUT2D eigenvalue weighted by Crippen LogP contribution is 2.05. The summed E-state index contributed by atoms with van der Waals surface area (Å²) in [6.07, 6.45) is 1.85. The zero-order chi connectivity index (χ0) is 12.8. The van der Waals surface area contributed by atoms with Crippen molar-refractivity contribution in [1.82, 2.24) is 9.88 Å². The molecule has 1 heterocycles. The Balaban J connectivity index is 2.96. The van der Waals surface area contributed by atoms with E-state index >= 15 is 0 Å². The van der Waals surface area contributed by atoms with E-state index in [1.54, 1.807) is 17.9 Å². The number of carbonyl (C=O) groups is 1. The molecule has 1 N–H and O–H groups in total. The fraction of sp³-hybridized carbons (Fsp3) is 0.538. The Labute approximate surface area is 102 Å². The summed E-state index contributed by atoms with van der Waals surface area (Å²) in [5, 5.41) is 0. The number of hydrogen-bond acceptors (Lipinski definition) is 2. The van der Waals surface area contributed by atoms with Crippen LogP contribution >= 0.6 is 0 Å². The van der Waals surface area contributed by atoms with Gasteiger partial charge in [0.1, 0.15) is 0 Å². The number of nitrogens with one attached hydrogen (secondary N) is 1. The molecule has 0 saturated carbocycles. The molecule has 1 amide bonds. The van der Waals surface area contributed by atoms with Gasteiger partial charge in [-0.2, -0.15) is 0 Å². The molecule has 0 aromatic carbocycles. The van der Waals surface area contributed by atoms with E-state index in [1.807, 2.05) is 13.8 Å². The van der Waals surface area contributed by atoms with Crippen molar-refractivity contribution in [1.29, 1.82) is 0 Å². The van der Waals surface area contributed by atoms with Crippen LogP contribution in [0.4, 0.5) is 0 Å². The first-order valence-corrected chi connectivity index (χ1v) is 6.08. The standard InChI is InChI=1S/C13H20N2O2/c1-4-6-15(7-5-2)13(17)11-8-10(3)14-12(16)9-11/h8-9H,4-7H2,1-3H3,(H,14,16). The molecule has 0 saturated heterocycles. The SMILES string of the molecule is CCCN(CCC)C(=O)c1cc(C)[nH]c(=O)c1. The topological polar surface area (TPSA) is 53.2 Å². The second-order valence-electron chi connectivity index (χ2n) is 4.21. The van der Waals surface area contributed by atoms with E-state index in [1.165, 1.54) is 6.07 Å². The average molecular weight is 236 g/mol. The number of H-pyrrole nitrogens is 1. The van der Waals surface area contributed by atoms with Gasteiger partial charge in [-0.05, 0) is 25.8 Å². The number of pyridine rings is 1. The molecular weight excluding hydrogens is 216 g/mol. The number of rotatable bonds is 5. The third-order valence-corrected chi connectivity index (χ3v) is 2.50. The van der Waals surface area contributed by atoms with Gasteiger partial charge in [0.15, 0.2) is 0 Å². The third kappa shape index (κ3) is 3.73. The van der Waals surface area contributed by atoms with Gasteiger partial charge in [-0.3, -0.25) is 9.59 Å². The number of nitrogens with zero attached hydrogens (tertiary/aromatic N) is 1. The first kappa shape index (κ1) is 13.5. The molecule has 0 fully saturated rings. The van der Waals surface area contributed by atoms with Crippen molar-refractivity contribution in [3.63, 3.8) is 0 Å². The van der Waals surface area contributed by atoms with Gasteiger partial charge in [0.05, 0.1) is 0 Å². The lowest BCUT2D eigenvalue weighted by Crippen LogP contribution is -2.33. The maximum absolute atomic E-state index is 12.2. The molecule has 0 atom stereocenters. The number of carbonyl (C=O) groups excluding carboxylic acids is 1. The van der Waals surface area contributed by atoms with Crippen LogP contribution in [0.5, 0.6) is 0 Å². The van der Waals surface area contributed by atoms with Gasteiger partial charge in [-0.25, -0.2) is 0 Å². The van der Waals surface area contributed by atoms with Crippen molar-refractivity contribution in [2.45, 2.75) is 33.6 Å². The lowest BCUT2D eigenvalue weighted by Gasteiger charge is -2.21. The van der Waals surface area contributed by atoms with Crippen LogP contribution in [-0.2, 0) is 0 Å². The Morgan fingerprint density at radius 3 is 2.29 bits per heavy atom. The Hall–Kier alpha value is -1.58. The number of aryl methyl sites for hydroxylation is 1. The lowest BCUT2D eigenvalue weighted by atomic mass is 10.2. The van der Waals surface area contributed by atoms with E-state index in [0.29, 0.717) is 11.3 Å². The third-order valence-electron chi connectivity index (χ3n) is 2.50. The van der Waals surface area contributed by atoms with Gasteiger partial charge in [0, 0.05) is 30.4 Å².